The Morgan fingerprint density at radius 2 is 1.61 bits per heavy atom. The Kier molecular flexibility index (Phi) is 6.61. The first-order valence-electron chi connectivity index (χ1n) is 10.0. The molecule has 0 saturated carbocycles. The third-order valence-corrected chi connectivity index (χ3v) is 5.76. The van der Waals surface area contributed by atoms with Crippen LogP contribution in [-0.2, 0) is 27.2 Å². The zero-order chi connectivity index (χ0) is 22.8. The number of alkyl halides is 3. The van der Waals surface area contributed by atoms with Gasteiger partial charge in [0.2, 0.25) is 5.91 Å². The Morgan fingerprint density at radius 1 is 1.03 bits per heavy atom. The SMILES string of the molecule is COC(=O)N1CCC(C(=O)Nc2cc3c(cc2N)CCN(C(=O)C(F)(F)F)CC3)CC1. The van der Waals surface area contributed by atoms with Crippen LogP contribution in [0.1, 0.15) is 24.0 Å². The first-order chi connectivity index (χ1) is 14.6. The molecular weight excluding hydrogens is 417 g/mol. The number of rotatable bonds is 2. The molecule has 2 aliphatic heterocycles. The number of hydrogen-bond donors (Lipinski definition) is 2. The smallest absolute Gasteiger partial charge is 0.453 e. The maximum atomic E-state index is 12.7. The molecule has 1 fully saturated rings. The van der Waals surface area contributed by atoms with Gasteiger partial charge in [-0.3, -0.25) is 9.59 Å². The van der Waals surface area contributed by atoms with Crippen molar-refractivity contribution < 1.29 is 32.3 Å². The third kappa shape index (κ3) is 5.20. The number of nitrogen functional groups attached to an aromatic ring is 1. The van der Waals surface area contributed by atoms with Crippen molar-refractivity contribution in [1.82, 2.24) is 9.80 Å². The van der Waals surface area contributed by atoms with E-state index in [1.807, 2.05) is 0 Å². The van der Waals surface area contributed by atoms with Crippen molar-refractivity contribution in [2.75, 3.05) is 44.3 Å². The Labute approximate surface area is 177 Å². The number of carbonyl (C=O) groups excluding carboxylic acids is 3. The molecular formula is C20H25F3N4O4. The summed E-state index contributed by atoms with van der Waals surface area (Å²) in [6.07, 6.45) is -3.87. The number of halogens is 3. The van der Waals surface area contributed by atoms with Crippen LogP contribution in [0.5, 0.6) is 0 Å². The average molecular weight is 442 g/mol. The predicted molar refractivity (Wildman–Crippen MR) is 106 cm³/mol. The summed E-state index contributed by atoms with van der Waals surface area (Å²) < 4.78 is 42.9. The van der Waals surface area contributed by atoms with Crippen molar-refractivity contribution >= 4 is 29.3 Å². The highest BCUT2D eigenvalue weighted by atomic mass is 19.4. The summed E-state index contributed by atoms with van der Waals surface area (Å²) in [5.74, 6) is -2.36. The fourth-order valence-electron chi connectivity index (χ4n) is 3.98. The molecule has 0 bridgehead atoms. The number of benzene rings is 1. The number of methoxy groups -OCH3 is 1. The zero-order valence-electron chi connectivity index (χ0n) is 17.1. The molecule has 0 atom stereocenters. The molecule has 170 valence electrons. The number of anilines is 2. The molecule has 3 N–H and O–H groups in total. The lowest BCUT2D eigenvalue weighted by molar-refractivity contribution is -0.185. The Morgan fingerprint density at radius 3 is 2.16 bits per heavy atom. The highest BCUT2D eigenvalue weighted by molar-refractivity contribution is 5.95. The molecule has 11 heteroatoms. The first kappa shape index (κ1) is 22.7. The van der Waals surface area contributed by atoms with Gasteiger partial charge in [0.05, 0.1) is 18.5 Å². The van der Waals surface area contributed by atoms with Gasteiger partial charge in [-0.05, 0) is 48.9 Å². The summed E-state index contributed by atoms with van der Waals surface area (Å²) >= 11 is 0. The largest absolute Gasteiger partial charge is 0.471 e. The molecule has 0 spiro atoms. The van der Waals surface area contributed by atoms with Gasteiger partial charge in [0.15, 0.2) is 0 Å². The lowest BCUT2D eigenvalue weighted by Gasteiger charge is -2.30. The topological polar surface area (TPSA) is 105 Å². The minimum Gasteiger partial charge on any atom is -0.453 e. The van der Waals surface area contributed by atoms with Crippen LogP contribution in [0, 0.1) is 5.92 Å². The van der Waals surface area contributed by atoms with Crippen molar-refractivity contribution in [2.24, 2.45) is 5.92 Å². The van der Waals surface area contributed by atoms with E-state index in [4.69, 9.17) is 5.73 Å². The molecule has 1 saturated heterocycles. The van der Waals surface area contributed by atoms with Gasteiger partial charge in [-0.25, -0.2) is 4.79 Å². The monoisotopic (exact) mass is 442 g/mol. The lowest BCUT2D eigenvalue weighted by atomic mass is 9.95. The molecule has 0 aliphatic carbocycles. The van der Waals surface area contributed by atoms with Crippen LogP contribution in [0.4, 0.5) is 29.3 Å². The number of nitrogens with zero attached hydrogens (tertiary/aromatic N) is 2. The van der Waals surface area contributed by atoms with Crippen molar-refractivity contribution in [3.05, 3.63) is 23.3 Å². The summed E-state index contributed by atoms with van der Waals surface area (Å²) in [5.41, 5.74) is 8.30. The van der Waals surface area contributed by atoms with E-state index in [1.54, 1.807) is 12.1 Å². The average Bonchev–Trinajstić information content (AvgIpc) is 2.94. The number of nitrogens with two attached hydrogens (primary N) is 1. The molecule has 0 aromatic heterocycles. The van der Waals surface area contributed by atoms with E-state index in [0.29, 0.717) is 37.3 Å². The highest BCUT2D eigenvalue weighted by Gasteiger charge is 2.42. The van der Waals surface area contributed by atoms with Crippen LogP contribution in [0.15, 0.2) is 12.1 Å². The zero-order valence-corrected chi connectivity index (χ0v) is 17.1. The Balaban J connectivity index is 1.65. The van der Waals surface area contributed by atoms with Gasteiger partial charge in [0.1, 0.15) is 0 Å². The predicted octanol–water partition coefficient (Wildman–Crippen LogP) is 2.18. The van der Waals surface area contributed by atoms with Crippen LogP contribution >= 0.6 is 0 Å². The Hall–Kier alpha value is -2.98. The van der Waals surface area contributed by atoms with Crippen LogP contribution in [0.3, 0.4) is 0 Å². The summed E-state index contributed by atoms with van der Waals surface area (Å²) in [7, 11) is 1.31. The minimum atomic E-state index is -4.90. The van der Waals surface area contributed by atoms with E-state index < -0.39 is 18.2 Å². The number of fused-ring (bicyclic) bond motifs is 1. The molecule has 2 heterocycles. The fraction of sp³-hybridized carbons (Fsp3) is 0.550. The second-order valence-electron chi connectivity index (χ2n) is 7.72. The maximum absolute atomic E-state index is 12.7. The number of nitrogens with one attached hydrogen (secondary N) is 1. The number of piperidine rings is 1. The summed E-state index contributed by atoms with van der Waals surface area (Å²) in [6.45, 7) is 0.713. The summed E-state index contributed by atoms with van der Waals surface area (Å²) in [5, 5.41) is 2.81. The molecule has 1 aromatic carbocycles. The van der Waals surface area contributed by atoms with E-state index in [2.05, 4.69) is 10.1 Å². The van der Waals surface area contributed by atoms with Crippen molar-refractivity contribution in [2.45, 2.75) is 31.9 Å². The van der Waals surface area contributed by atoms with Gasteiger partial charge in [0.25, 0.3) is 0 Å². The van der Waals surface area contributed by atoms with Crippen molar-refractivity contribution in [3.63, 3.8) is 0 Å². The van der Waals surface area contributed by atoms with E-state index in [9.17, 15) is 27.6 Å². The van der Waals surface area contributed by atoms with E-state index in [1.165, 1.54) is 12.0 Å². The molecule has 3 amide bonds. The highest BCUT2D eigenvalue weighted by Crippen LogP contribution is 2.29. The van der Waals surface area contributed by atoms with E-state index in [0.717, 1.165) is 16.0 Å². The molecule has 31 heavy (non-hydrogen) atoms. The van der Waals surface area contributed by atoms with Crippen LogP contribution in [-0.4, -0.2) is 67.2 Å². The number of hydrogen-bond acceptors (Lipinski definition) is 5. The lowest BCUT2D eigenvalue weighted by Crippen LogP contribution is -2.42. The molecule has 8 nitrogen and oxygen atoms in total. The molecule has 1 aromatic rings. The van der Waals surface area contributed by atoms with Gasteiger partial charge in [-0.1, -0.05) is 0 Å². The van der Waals surface area contributed by atoms with Gasteiger partial charge >= 0.3 is 18.2 Å². The fourth-order valence-corrected chi connectivity index (χ4v) is 3.98. The summed E-state index contributed by atoms with van der Waals surface area (Å²) in [4.78, 5) is 38.1. The molecule has 0 unspecified atom stereocenters. The number of ether oxygens (including phenoxy) is 1. The second-order valence-corrected chi connectivity index (χ2v) is 7.72. The molecule has 0 radical (unpaired) electrons. The first-order valence-corrected chi connectivity index (χ1v) is 10.0. The number of amides is 3. The standard InChI is InChI=1S/C20H25F3N4O4/c1-31-19(30)27-8-2-12(3-9-27)17(28)25-16-11-14-5-7-26(18(29)20(21,22)23)6-4-13(14)10-15(16)24/h10-12H,2-9,24H2,1H3,(H,25,28). The normalized spacial score (nSPS) is 17.5. The molecule has 3 rings (SSSR count). The van der Waals surface area contributed by atoms with E-state index >= 15 is 0 Å². The van der Waals surface area contributed by atoms with Gasteiger partial charge < -0.3 is 25.6 Å². The maximum Gasteiger partial charge on any atom is 0.471 e. The third-order valence-electron chi connectivity index (χ3n) is 5.76. The van der Waals surface area contributed by atoms with Crippen LogP contribution < -0.4 is 11.1 Å². The number of carbonyl (C=O) groups is 3. The van der Waals surface area contributed by atoms with Crippen LogP contribution in [0.25, 0.3) is 0 Å². The van der Waals surface area contributed by atoms with Crippen molar-refractivity contribution in [1.29, 1.82) is 0 Å². The van der Waals surface area contributed by atoms with Gasteiger partial charge in [-0.2, -0.15) is 13.2 Å². The van der Waals surface area contributed by atoms with E-state index in [-0.39, 0.29) is 37.8 Å². The Bertz CT molecular complexity index is 867. The minimum absolute atomic E-state index is 0.0464. The van der Waals surface area contributed by atoms with Crippen LogP contribution in [0.2, 0.25) is 0 Å². The second kappa shape index (κ2) is 9.03. The van der Waals surface area contributed by atoms with Crippen molar-refractivity contribution in [3.8, 4) is 0 Å². The van der Waals surface area contributed by atoms with Gasteiger partial charge in [0, 0.05) is 32.1 Å². The number of likely N-dealkylation sites (tertiary alicyclic amines) is 1. The quantitative estimate of drug-likeness (QED) is 0.683. The summed E-state index contributed by atoms with van der Waals surface area (Å²) in [6, 6.07) is 3.32. The van der Waals surface area contributed by atoms with Gasteiger partial charge in [-0.15, -0.1) is 0 Å². The molecule has 2 aliphatic rings.